The van der Waals surface area contributed by atoms with Crippen LogP contribution in [-0.2, 0) is 11.2 Å². The molecule has 1 saturated heterocycles. The minimum Gasteiger partial charge on any atom is -0.379 e. The molecule has 0 spiro atoms. The molecule has 21 heavy (non-hydrogen) atoms. The van der Waals surface area contributed by atoms with Crippen molar-refractivity contribution in [3.8, 4) is 0 Å². The standard InChI is InChI=1S/C17H26N2OS/c1-13(16(20-2)15-9-6-11-18-15)17(21)19-12-10-14-7-4-3-5-8-14/h3-5,7-8,13,15-16,18H,6,9-12H2,1-2H3,(H,19,21). The van der Waals surface area contributed by atoms with E-state index in [1.54, 1.807) is 7.11 Å². The van der Waals surface area contributed by atoms with Gasteiger partial charge in [-0.1, -0.05) is 49.5 Å². The first-order chi connectivity index (χ1) is 10.2. The van der Waals surface area contributed by atoms with Crippen LogP contribution in [0.3, 0.4) is 0 Å². The van der Waals surface area contributed by atoms with Gasteiger partial charge in [-0.25, -0.2) is 0 Å². The molecule has 0 aromatic heterocycles. The van der Waals surface area contributed by atoms with Gasteiger partial charge >= 0.3 is 0 Å². The fourth-order valence-corrected chi connectivity index (χ4v) is 3.23. The molecule has 0 bridgehead atoms. The molecule has 2 rings (SSSR count). The van der Waals surface area contributed by atoms with Gasteiger partial charge in [-0.3, -0.25) is 0 Å². The third-order valence-corrected chi connectivity index (χ3v) is 4.75. The van der Waals surface area contributed by atoms with E-state index in [0.717, 1.165) is 24.5 Å². The molecule has 0 aliphatic carbocycles. The zero-order valence-corrected chi connectivity index (χ0v) is 13.8. The number of nitrogens with one attached hydrogen (secondary N) is 2. The molecule has 1 aliphatic heterocycles. The quantitative estimate of drug-likeness (QED) is 0.759. The predicted molar refractivity (Wildman–Crippen MR) is 91.7 cm³/mol. The van der Waals surface area contributed by atoms with E-state index in [9.17, 15) is 0 Å². The molecule has 3 atom stereocenters. The molecule has 0 amide bonds. The minimum absolute atomic E-state index is 0.157. The normalized spacial score (nSPS) is 21.0. The molecule has 1 aromatic rings. The summed E-state index contributed by atoms with van der Waals surface area (Å²) in [7, 11) is 1.79. The SMILES string of the molecule is COC(C1CCCN1)C(C)C(=S)NCCc1ccccc1. The molecular weight excluding hydrogens is 280 g/mol. The van der Waals surface area contributed by atoms with E-state index in [1.165, 1.54) is 18.4 Å². The minimum atomic E-state index is 0.157. The average Bonchev–Trinajstić information content (AvgIpc) is 3.03. The maximum atomic E-state index is 5.69. The molecule has 1 fully saturated rings. The van der Waals surface area contributed by atoms with E-state index in [0.29, 0.717) is 6.04 Å². The highest BCUT2D eigenvalue weighted by Gasteiger charge is 2.30. The predicted octanol–water partition coefficient (Wildman–Crippen LogP) is 2.55. The Morgan fingerprint density at radius 3 is 2.81 bits per heavy atom. The molecule has 1 heterocycles. The van der Waals surface area contributed by atoms with E-state index in [4.69, 9.17) is 17.0 Å². The number of hydrogen-bond acceptors (Lipinski definition) is 3. The maximum Gasteiger partial charge on any atom is 0.0812 e. The molecule has 1 aromatic carbocycles. The van der Waals surface area contributed by atoms with Crippen LogP contribution in [0.5, 0.6) is 0 Å². The molecule has 3 nitrogen and oxygen atoms in total. The highest BCUT2D eigenvalue weighted by Crippen LogP contribution is 2.19. The van der Waals surface area contributed by atoms with Gasteiger partial charge in [0.25, 0.3) is 0 Å². The van der Waals surface area contributed by atoms with Crippen LogP contribution < -0.4 is 10.6 Å². The fourth-order valence-electron chi connectivity index (χ4n) is 2.99. The first-order valence-corrected chi connectivity index (χ1v) is 8.21. The van der Waals surface area contributed by atoms with E-state index in [-0.39, 0.29) is 12.0 Å². The van der Waals surface area contributed by atoms with Crippen LogP contribution in [0.2, 0.25) is 0 Å². The Morgan fingerprint density at radius 1 is 1.43 bits per heavy atom. The topological polar surface area (TPSA) is 33.3 Å². The Balaban J connectivity index is 1.78. The highest BCUT2D eigenvalue weighted by molar-refractivity contribution is 7.80. The molecule has 0 radical (unpaired) electrons. The van der Waals surface area contributed by atoms with Crippen molar-refractivity contribution in [2.24, 2.45) is 5.92 Å². The summed E-state index contributed by atoms with van der Waals surface area (Å²) in [5.74, 6) is 0.233. The van der Waals surface area contributed by atoms with E-state index in [1.807, 2.05) is 6.07 Å². The van der Waals surface area contributed by atoms with E-state index >= 15 is 0 Å². The van der Waals surface area contributed by atoms with Crippen molar-refractivity contribution in [2.45, 2.75) is 38.3 Å². The Labute approximate surface area is 133 Å². The summed E-state index contributed by atoms with van der Waals surface area (Å²) in [6.45, 7) is 4.12. The van der Waals surface area contributed by atoms with Gasteiger partial charge in [-0.2, -0.15) is 0 Å². The number of ether oxygens (including phenoxy) is 1. The molecule has 116 valence electrons. The van der Waals surface area contributed by atoms with Gasteiger partial charge in [0.15, 0.2) is 0 Å². The van der Waals surface area contributed by atoms with Gasteiger partial charge < -0.3 is 15.4 Å². The van der Waals surface area contributed by atoms with Gasteiger partial charge in [0.05, 0.1) is 11.1 Å². The second-order valence-corrected chi connectivity index (χ2v) is 6.16. The lowest BCUT2D eigenvalue weighted by Gasteiger charge is -2.29. The Hall–Kier alpha value is -0.970. The van der Waals surface area contributed by atoms with Gasteiger partial charge in [0.1, 0.15) is 0 Å². The Bertz CT molecular complexity index is 432. The smallest absolute Gasteiger partial charge is 0.0812 e. The molecular formula is C17H26N2OS. The lowest BCUT2D eigenvalue weighted by Crippen LogP contribution is -2.46. The number of thiocarbonyl (C=S) groups is 1. The summed E-state index contributed by atoms with van der Waals surface area (Å²) in [6.07, 6.45) is 3.55. The number of rotatable bonds is 7. The highest BCUT2D eigenvalue weighted by atomic mass is 32.1. The van der Waals surface area contributed by atoms with E-state index in [2.05, 4.69) is 41.8 Å². The van der Waals surface area contributed by atoms with Crippen LogP contribution in [0.15, 0.2) is 30.3 Å². The van der Waals surface area contributed by atoms with Crippen molar-refractivity contribution in [3.05, 3.63) is 35.9 Å². The maximum absolute atomic E-state index is 5.69. The summed E-state index contributed by atoms with van der Waals surface area (Å²) in [5.41, 5.74) is 1.33. The lowest BCUT2D eigenvalue weighted by atomic mass is 9.96. The molecule has 1 aliphatic rings. The van der Waals surface area contributed by atoms with Gasteiger partial charge in [-0.05, 0) is 31.4 Å². The van der Waals surface area contributed by atoms with Crippen molar-refractivity contribution in [1.29, 1.82) is 0 Å². The van der Waals surface area contributed by atoms with Crippen molar-refractivity contribution >= 4 is 17.2 Å². The fraction of sp³-hybridized carbons (Fsp3) is 0.588. The summed E-state index contributed by atoms with van der Waals surface area (Å²) in [4.78, 5) is 0.909. The summed E-state index contributed by atoms with van der Waals surface area (Å²) < 4.78 is 5.69. The first-order valence-electron chi connectivity index (χ1n) is 7.80. The van der Waals surface area contributed by atoms with Crippen LogP contribution in [0.25, 0.3) is 0 Å². The zero-order valence-electron chi connectivity index (χ0n) is 13.0. The average molecular weight is 306 g/mol. The summed E-state index contributed by atoms with van der Waals surface area (Å²) in [6, 6.07) is 10.9. The summed E-state index contributed by atoms with van der Waals surface area (Å²) >= 11 is 5.55. The largest absolute Gasteiger partial charge is 0.379 e. The van der Waals surface area contributed by atoms with Gasteiger partial charge in [0.2, 0.25) is 0 Å². The van der Waals surface area contributed by atoms with E-state index < -0.39 is 0 Å². The van der Waals surface area contributed by atoms with Crippen molar-refractivity contribution in [3.63, 3.8) is 0 Å². The Kier molecular flexibility index (Phi) is 6.61. The Morgan fingerprint density at radius 2 is 2.19 bits per heavy atom. The van der Waals surface area contributed by atoms with Crippen molar-refractivity contribution < 1.29 is 4.74 Å². The molecule has 2 N–H and O–H groups in total. The third-order valence-electron chi connectivity index (χ3n) is 4.23. The number of hydrogen-bond donors (Lipinski definition) is 2. The molecule has 0 saturated carbocycles. The number of benzene rings is 1. The number of methoxy groups -OCH3 is 1. The molecule has 3 unspecified atom stereocenters. The van der Waals surface area contributed by atoms with Crippen molar-refractivity contribution in [2.75, 3.05) is 20.2 Å². The van der Waals surface area contributed by atoms with Gasteiger partial charge in [0, 0.05) is 25.6 Å². The van der Waals surface area contributed by atoms with Crippen LogP contribution in [0.1, 0.15) is 25.3 Å². The zero-order chi connectivity index (χ0) is 15.1. The first kappa shape index (κ1) is 16.4. The monoisotopic (exact) mass is 306 g/mol. The van der Waals surface area contributed by atoms with Crippen molar-refractivity contribution in [1.82, 2.24) is 10.6 Å². The third kappa shape index (κ3) is 4.77. The lowest BCUT2D eigenvalue weighted by molar-refractivity contribution is 0.0526. The van der Waals surface area contributed by atoms with Crippen LogP contribution in [0.4, 0.5) is 0 Å². The van der Waals surface area contributed by atoms with Gasteiger partial charge in [-0.15, -0.1) is 0 Å². The second kappa shape index (κ2) is 8.47. The van der Waals surface area contributed by atoms with Crippen LogP contribution >= 0.6 is 12.2 Å². The van der Waals surface area contributed by atoms with Crippen LogP contribution in [0, 0.1) is 5.92 Å². The molecule has 4 heteroatoms. The second-order valence-electron chi connectivity index (χ2n) is 5.72. The van der Waals surface area contributed by atoms with Crippen LogP contribution in [-0.4, -0.2) is 37.3 Å². The summed E-state index contributed by atoms with van der Waals surface area (Å²) in [5, 5.41) is 6.91.